The van der Waals surface area contributed by atoms with E-state index in [9.17, 15) is 4.39 Å². The SMILES string of the molecule is CCCC(CCC)C(Cc1cccc(F)c1Br)NN. The van der Waals surface area contributed by atoms with Crippen LogP contribution in [0.4, 0.5) is 4.39 Å². The number of hydrogen-bond donors (Lipinski definition) is 2. The van der Waals surface area contributed by atoms with Crippen LogP contribution in [-0.4, -0.2) is 6.04 Å². The zero-order valence-corrected chi connectivity index (χ0v) is 13.3. The summed E-state index contributed by atoms with van der Waals surface area (Å²) in [4.78, 5) is 0. The van der Waals surface area contributed by atoms with Gasteiger partial charge in [0.05, 0.1) is 4.47 Å². The first-order valence-corrected chi connectivity index (χ1v) is 7.82. The third-order valence-corrected chi connectivity index (χ3v) is 4.46. The molecule has 4 heteroatoms. The summed E-state index contributed by atoms with van der Waals surface area (Å²) in [5.74, 6) is 6.04. The fraction of sp³-hybridized carbons (Fsp3) is 0.600. The van der Waals surface area contributed by atoms with Crippen molar-refractivity contribution in [3.8, 4) is 0 Å². The normalized spacial score (nSPS) is 12.9. The second-order valence-electron chi connectivity index (χ2n) is 5.03. The third kappa shape index (κ3) is 4.86. The first-order valence-electron chi connectivity index (χ1n) is 7.03. The van der Waals surface area contributed by atoms with E-state index in [1.807, 2.05) is 6.07 Å². The second-order valence-corrected chi connectivity index (χ2v) is 5.82. The zero-order chi connectivity index (χ0) is 14.3. The van der Waals surface area contributed by atoms with Gasteiger partial charge in [0.2, 0.25) is 0 Å². The number of hydrogen-bond acceptors (Lipinski definition) is 2. The highest BCUT2D eigenvalue weighted by atomic mass is 79.9. The van der Waals surface area contributed by atoms with Gasteiger partial charge < -0.3 is 0 Å². The molecule has 3 N–H and O–H groups in total. The fourth-order valence-electron chi connectivity index (χ4n) is 2.59. The topological polar surface area (TPSA) is 38.0 Å². The Labute approximate surface area is 124 Å². The van der Waals surface area contributed by atoms with Gasteiger partial charge in [-0.05, 0) is 52.7 Å². The van der Waals surface area contributed by atoms with E-state index in [2.05, 4.69) is 35.2 Å². The lowest BCUT2D eigenvalue weighted by Crippen LogP contribution is -2.42. The summed E-state index contributed by atoms with van der Waals surface area (Å²) >= 11 is 3.32. The van der Waals surface area contributed by atoms with Crippen molar-refractivity contribution in [2.45, 2.75) is 52.0 Å². The molecule has 0 saturated heterocycles. The molecule has 1 atom stereocenters. The van der Waals surface area contributed by atoms with Crippen molar-refractivity contribution < 1.29 is 4.39 Å². The van der Waals surface area contributed by atoms with Crippen LogP contribution in [0.25, 0.3) is 0 Å². The molecule has 1 aromatic carbocycles. The molecular weight excluding hydrogens is 307 g/mol. The minimum atomic E-state index is -0.212. The van der Waals surface area contributed by atoms with Crippen molar-refractivity contribution in [2.24, 2.45) is 11.8 Å². The van der Waals surface area contributed by atoms with Crippen LogP contribution < -0.4 is 11.3 Å². The van der Waals surface area contributed by atoms with Crippen molar-refractivity contribution in [3.63, 3.8) is 0 Å². The molecule has 1 rings (SSSR count). The highest BCUT2D eigenvalue weighted by Gasteiger charge is 2.20. The van der Waals surface area contributed by atoms with Crippen molar-refractivity contribution in [1.29, 1.82) is 0 Å². The van der Waals surface area contributed by atoms with Crippen LogP contribution >= 0.6 is 15.9 Å². The maximum Gasteiger partial charge on any atom is 0.137 e. The van der Waals surface area contributed by atoms with Crippen LogP contribution in [0.3, 0.4) is 0 Å². The molecule has 0 bridgehead atoms. The third-order valence-electron chi connectivity index (χ3n) is 3.57. The number of nitrogens with one attached hydrogen (secondary N) is 1. The Morgan fingerprint density at radius 3 is 2.42 bits per heavy atom. The van der Waals surface area contributed by atoms with Gasteiger partial charge in [-0.25, -0.2) is 4.39 Å². The van der Waals surface area contributed by atoms with E-state index >= 15 is 0 Å². The molecule has 19 heavy (non-hydrogen) atoms. The number of nitrogens with two attached hydrogens (primary N) is 1. The van der Waals surface area contributed by atoms with Crippen LogP contribution in [0.15, 0.2) is 22.7 Å². The van der Waals surface area contributed by atoms with Crippen molar-refractivity contribution >= 4 is 15.9 Å². The van der Waals surface area contributed by atoms with Gasteiger partial charge in [-0.1, -0.05) is 38.8 Å². The van der Waals surface area contributed by atoms with Gasteiger partial charge in [0.25, 0.3) is 0 Å². The minimum Gasteiger partial charge on any atom is -0.271 e. The van der Waals surface area contributed by atoms with Gasteiger partial charge in [-0.3, -0.25) is 11.3 Å². The van der Waals surface area contributed by atoms with Crippen LogP contribution in [-0.2, 0) is 6.42 Å². The minimum absolute atomic E-state index is 0.193. The summed E-state index contributed by atoms with van der Waals surface area (Å²) in [5.41, 5.74) is 3.90. The van der Waals surface area contributed by atoms with Crippen molar-refractivity contribution in [3.05, 3.63) is 34.1 Å². The fourth-order valence-corrected chi connectivity index (χ4v) is 3.02. The van der Waals surface area contributed by atoms with Gasteiger partial charge in [-0.2, -0.15) is 0 Å². The molecule has 0 aromatic heterocycles. The predicted molar refractivity (Wildman–Crippen MR) is 82.2 cm³/mol. The van der Waals surface area contributed by atoms with E-state index in [-0.39, 0.29) is 11.9 Å². The van der Waals surface area contributed by atoms with Gasteiger partial charge in [-0.15, -0.1) is 0 Å². The van der Waals surface area contributed by atoms with E-state index in [1.54, 1.807) is 6.07 Å². The summed E-state index contributed by atoms with van der Waals surface area (Å²) in [6.45, 7) is 4.38. The lowest BCUT2D eigenvalue weighted by Gasteiger charge is -2.26. The maximum absolute atomic E-state index is 13.5. The Morgan fingerprint density at radius 2 is 1.89 bits per heavy atom. The van der Waals surface area contributed by atoms with E-state index in [4.69, 9.17) is 5.84 Å². The first-order chi connectivity index (χ1) is 9.13. The summed E-state index contributed by atoms with van der Waals surface area (Å²) in [7, 11) is 0. The van der Waals surface area contributed by atoms with Crippen LogP contribution in [0.5, 0.6) is 0 Å². The Balaban J connectivity index is 2.82. The molecule has 0 heterocycles. The molecule has 0 aliphatic heterocycles. The molecule has 0 saturated carbocycles. The van der Waals surface area contributed by atoms with Gasteiger partial charge >= 0.3 is 0 Å². The monoisotopic (exact) mass is 330 g/mol. The molecule has 0 aliphatic carbocycles. The van der Waals surface area contributed by atoms with Crippen molar-refractivity contribution in [1.82, 2.24) is 5.43 Å². The molecule has 2 nitrogen and oxygen atoms in total. The highest BCUT2D eigenvalue weighted by Crippen LogP contribution is 2.25. The quantitative estimate of drug-likeness (QED) is 0.554. The van der Waals surface area contributed by atoms with E-state index in [0.29, 0.717) is 10.4 Å². The Morgan fingerprint density at radius 1 is 1.26 bits per heavy atom. The Bertz CT molecular complexity index is 378. The average molecular weight is 331 g/mol. The molecule has 0 spiro atoms. The number of halogens is 2. The molecule has 1 aromatic rings. The Hall–Kier alpha value is -0.450. The van der Waals surface area contributed by atoms with Gasteiger partial charge in [0, 0.05) is 6.04 Å². The zero-order valence-electron chi connectivity index (χ0n) is 11.8. The average Bonchev–Trinajstić information content (AvgIpc) is 2.40. The number of hydrazine groups is 1. The molecule has 0 fully saturated rings. The lowest BCUT2D eigenvalue weighted by atomic mass is 9.87. The largest absolute Gasteiger partial charge is 0.271 e. The maximum atomic E-state index is 13.5. The number of benzene rings is 1. The Kier molecular flexibility index (Phi) is 7.57. The first kappa shape index (κ1) is 16.6. The summed E-state index contributed by atoms with van der Waals surface area (Å²) < 4.78 is 14.1. The summed E-state index contributed by atoms with van der Waals surface area (Å²) in [6.07, 6.45) is 5.34. The molecule has 108 valence electrons. The standard InChI is InChI=1S/C15H24BrFN2/c1-3-6-11(7-4-2)14(19-18)10-12-8-5-9-13(17)15(12)16/h5,8-9,11,14,19H,3-4,6-7,10,18H2,1-2H3. The molecule has 0 radical (unpaired) electrons. The second kappa shape index (κ2) is 8.67. The van der Waals surface area contributed by atoms with E-state index in [1.165, 1.54) is 6.07 Å². The molecule has 1 unspecified atom stereocenters. The van der Waals surface area contributed by atoms with Crippen LogP contribution in [0.1, 0.15) is 45.1 Å². The molecular formula is C15H24BrFN2. The lowest BCUT2D eigenvalue weighted by molar-refractivity contribution is 0.311. The molecule has 0 aliphatic rings. The summed E-state index contributed by atoms with van der Waals surface area (Å²) in [5, 5.41) is 0. The van der Waals surface area contributed by atoms with Crippen molar-refractivity contribution in [2.75, 3.05) is 0 Å². The van der Waals surface area contributed by atoms with Gasteiger partial charge in [0.15, 0.2) is 0 Å². The van der Waals surface area contributed by atoms with E-state index < -0.39 is 0 Å². The van der Waals surface area contributed by atoms with Gasteiger partial charge in [0.1, 0.15) is 5.82 Å². The van der Waals surface area contributed by atoms with Crippen LogP contribution in [0, 0.1) is 11.7 Å². The number of rotatable bonds is 8. The smallest absolute Gasteiger partial charge is 0.137 e. The predicted octanol–water partition coefficient (Wildman–Crippen LogP) is 4.18. The van der Waals surface area contributed by atoms with E-state index in [0.717, 1.165) is 37.7 Å². The molecule has 0 amide bonds. The van der Waals surface area contributed by atoms with Crippen LogP contribution in [0.2, 0.25) is 0 Å². The summed E-state index contributed by atoms with van der Waals surface area (Å²) in [6, 6.07) is 5.36. The highest BCUT2D eigenvalue weighted by molar-refractivity contribution is 9.10.